The summed E-state index contributed by atoms with van der Waals surface area (Å²) in [5.41, 5.74) is -8.96. The standard InChI is InChI=1S/C29H30F8N2O5S/c30-24(31)44-22-6-4-18(5-7-22)19-2-1-3-21(14-19)39(23(40)20-15-27(41,16-20)28(32,33)34)17-25-8-11-26(12-9-25,13-10-25)38-45(42,43)29(35,36)37/h1-7,14,20,24,38,41H,8-13,15-17H2. The van der Waals surface area contributed by atoms with Crippen LogP contribution in [0.3, 0.4) is 0 Å². The van der Waals surface area contributed by atoms with Crippen LogP contribution >= 0.6 is 0 Å². The summed E-state index contributed by atoms with van der Waals surface area (Å²) in [5.74, 6) is -1.88. The molecule has 0 radical (unpaired) electrons. The monoisotopic (exact) mass is 670 g/mol. The summed E-state index contributed by atoms with van der Waals surface area (Å²) < 4.78 is 134. The fraction of sp³-hybridized carbons (Fsp3) is 0.552. The second-order valence-corrected chi connectivity index (χ2v) is 14.0. The Labute approximate surface area is 253 Å². The molecular weight excluding hydrogens is 640 g/mol. The van der Waals surface area contributed by atoms with E-state index in [0.29, 0.717) is 16.8 Å². The predicted octanol–water partition coefficient (Wildman–Crippen LogP) is 6.52. The molecule has 7 nitrogen and oxygen atoms in total. The highest BCUT2D eigenvalue weighted by molar-refractivity contribution is 7.90. The third kappa shape index (κ3) is 6.64. The lowest BCUT2D eigenvalue weighted by Gasteiger charge is -2.55. The number of benzene rings is 2. The van der Waals surface area contributed by atoms with E-state index in [9.17, 15) is 53.4 Å². The van der Waals surface area contributed by atoms with Crippen LogP contribution in [0.4, 0.5) is 40.8 Å². The van der Waals surface area contributed by atoms with Crippen LogP contribution in [0.2, 0.25) is 0 Å². The summed E-state index contributed by atoms with van der Waals surface area (Å²) in [7, 11) is -5.59. The molecule has 248 valence electrons. The third-order valence-corrected chi connectivity index (χ3v) is 10.7. The number of sulfonamides is 1. The van der Waals surface area contributed by atoms with E-state index >= 15 is 0 Å². The molecule has 2 bridgehead atoms. The Bertz CT molecular complexity index is 1500. The van der Waals surface area contributed by atoms with Gasteiger partial charge in [-0.3, -0.25) is 4.79 Å². The van der Waals surface area contributed by atoms with Crippen LogP contribution in [0, 0.1) is 11.3 Å². The quantitative estimate of drug-likeness (QED) is 0.296. The number of carbonyl (C=O) groups is 1. The second kappa shape index (κ2) is 11.4. The van der Waals surface area contributed by atoms with E-state index in [0.717, 1.165) is 0 Å². The number of aliphatic hydroxyl groups is 1. The van der Waals surface area contributed by atoms with Crippen molar-refractivity contribution >= 4 is 21.6 Å². The molecule has 2 N–H and O–H groups in total. The number of alkyl halides is 8. The zero-order chi connectivity index (χ0) is 33.1. The molecule has 0 aromatic heterocycles. The first kappa shape index (κ1) is 33.4. The summed E-state index contributed by atoms with van der Waals surface area (Å²) in [6, 6.07) is 12.2. The van der Waals surface area contributed by atoms with Crippen LogP contribution in [0.5, 0.6) is 5.75 Å². The number of hydrogen-bond donors (Lipinski definition) is 2. The highest BCUT2D eigenvalue weighted by Gasteiger charge is 2.63. The molecule has 45 heavy (non-hydrogen) atoms. The van der Waals surface area contributed by atoms with Crippen molar-refractivity contribution in [2.45, 2.75) is 80.8 Å². The van der Waals surface area contributed by atoms with Gasteiger partial charge in [-0.05, 0) is 92.2 Å². The van der Waals surface area contributed by atoms with E-state index in [1.165, 1.54) is 29.2 Å². The number of fused-ring (bicyclic) bond motifs is 3. The minimum Gasteiger partial charge on any atom is -0.435 e. The number of nitrogens with one attached hydrogen (secondary N) is 1. The summed E-state index contributed by atoms with van der Waals surface area (Å²) >= 11 is 0. The van der Waals surface area contributed by atoms with E-state index in [2.05, 4.69) is 4.74 Å². The Balaban J connectivity index is 1.40. The smallest absolute Gasteiger partial charge is 0.435 e. The van der Waals surface area contributed by atoms with Gasteiger partial charge < -0.3 is 14.7 Å². The van der Waals surface area contributed by atoms with Crippen molar-refractivity contribution in [3.8, 4) is 16.9 Å². The lowest BCUT2D eigenvalue weighted by atomic mass is 9.57. The average Bonchev–Trinajstić information content (AvgIpc) is 2.93. The molecule has 4 aliphatic rings. The molecule has 4 fully saturated rings. The minimum atomic E-state index is -5.59. The third-order valence-electron chi connectivity index (χ3n) is 9.43. The second-order valence-electron chi connectivity index (χ2n) is 12.3. The van der Waals surface area contributed by atoms with Crippen LogP contribution in [0.25, 0.3) is 11.1 Å². The zero-order valence-electron chi connectivity index (χ0n) is 23.6. The van der Waals surface area contributed by atoms with Gasteiger partial charge in [0.25, 0.3) is 0 Å². The van der Waals surface area contributed by atoms with Gasteiger partial charge in [-0.15, -0.1) is 0 Å². The van der Waals surface area contributed by atoms with Gasteiger partial charge in [-0.25, -0.2) is 13.1 Å². The van der Waals surface area contributed by atoms with Gasteiger partial charge >= 0.3 is 28.3 Å². The molecule has 0 saturated heterocycles. The summed E-state index contributed by atoms with van der Waals surface area (Å²) in [6.07, 6.45) is -5.55. The SMILES string of the molecule is O=C(C1CC(O)(C(F)(F)F)C1)N(CC12CCC(NS(=O)(=O)C(F)(F)F)(CC1)CC2)c1cccc(-c2ccc(OC(F)F)cc2)c1. The molecule has 2 aromatic carbocycles. The molecule has 0 aliphatic heterocycles. The molecule has 4 aliphatic carbocycles. The Hall–Kier alpha value is -2.98. The lowest BCUT2D eigenvalue weighted by Crippen LogP contribution is -2.62. The maximum absolute atomic E-state index is 13.8. The van der Waals surface area contributed by atoms with Gasteiger partial charge in [0.1, 0.15) is 5.75 Å². The van der Waals surface area contributed by atoms with Crippen molar-refractivity contribution < 1.29 is 58.2 Å². The summed E-state index contributed by atoms with van der Waals surface area (Å²) in [5, 5.41) is 10.0. The number of anilines is 1. The van der Waals surface area contributed by atoms with Crippen LogP contribution in [-0.2, 0) is 14.8 Å². The number of ether oxygens (including phenoxy) is 1. The van der Waals surface area contributed by atoms with Gasteiger partial charge in [0.15, 0.2) is 5.60 Å². The molecule has 6 rings (SSSR count). The molecule has 2 aromatic rings. The highest BCUT2D eigenvalue weighted by atomic mass is 32.2. The van der Waals surface area contributed by atoms with Crippen molar-refractivity contribution in [2.24, 2.45) is 11.3 Å². The van der Waals surface area contributed by atoms with E-state index in [1.54, 1.807) is 24.3 Å². The topological polar surface area (TPSA) is 95.9 Å². The maximum Gasteiger partial charge on any atom is 0.511 e. The fourth-order valence-electron chi connectivity index (χ4n) is 6.69. The number of halogens is 8. The van der Waals surface area contributed by atoms with Gasteiger partial charge in [0, 0.05) is 23.7 Å². The zero-order valence-corrected chi connectivity index (χ0v) is 24.4. The number of nitrogens with zero attached hydrogens (tertiary/aromatic N) is 1. The first-order valence-corrected chi connectivity index (χ1v) is 15.6. The van der Waals surface area contributed by atoms with Crippen molar-refractivity contribution in [1.29, 1.82) is 0 Å². The lowest BCUT2D eigenvalue weighted by molar-refractivity contribution is -0.295. The van der Waals surface area contributed by atoms with Gasteiger partial charge in [-0.1, -0.05) is 24.3 Å². The molecule has 4 saturated carbocycles. The minimum absolute atomic E-state index is 0.0134. The van der Waals surface area contributed by atoms with Crippen molar-refractivity contribution in [3.63, 3.8) is 0 Å². The fourth-order valence-corrected chi connectivity index (χ4v) is 7.68. The first-order valence-electron chi connectivity index (χ1n) is 14.1. The molecule has 0 heterocycles. The summed E-state index contributed by atoms with van der Waals surface area (Å²) in [6.45, 7) is -3.01. The molecule has 0 spiro atoms. The van der Waals surface area contributed by atoms with Crippen LogP contribution in [0.15, 0.2) is 48.5 Å². The Kier molecular flexibility index (Phi) is 8.43. The molecule has 16 heteroatoms. The van der Waals surface area contributed by atoms with Crippen molar-refractivity contribution in [1.82, 2.24) is 4.72 Å². The average molecular weight is 671 g/mol. The van der Waals surface area contributed by atoms with Crippen LogP contribution < -0.4 is 14.4 Å². The highest BCUT2D eigenvalue weighted by Crippen LogP contribution is 2.55. The number of rotatable bonds is 9. The van der Waals surface area contributed by atoms with E-state index in [-0.39, 0.29) is 50.8 Å². The predicted molar refractivity (Wildman–Crippen MR) is 146 cm³/mol. The van der Waals surface area contributed by atoms with E-state index in [1.807, 2.05) is 4.72 Å². The number of amides is 1. The normalized spacial score (nSPS) is 28.5. The van der Waals surface area contributed by atoms with Crippen LogP contribution in [-0.4, -0.2) is 55.4 Å². The van der Waals surface area contributed by atoms with Crippen molar-refractivity contribution in [2.75, 3.05) is 11.4 Å². The molecule has 1 amide bonds. The van der Waals surface area contributed by atoms with Gasteiger partial charge in [0.2, 0.25) is 5.91 Å². The van der Waals surface area contributed by atoms with Crippen molar-refractivity contribution in [3.05, 3.63) is 48.5 Å². The van der Waals surface area contributed by atoms with Gasteiger partial charge in [-0.2, -0.15) is 35.1 Å². The molecule has 0 atom stereocenters. The Morgan fingerprint density at radius 1 is 0.933 bits per heavy atom. The molecule has 0 unspecified atom stereocenters. The Morgan fingerprint density at radius 2 is 1.51 bits per heavy atom. The molecular formula is C29H30F8N2O5S. The van der Waals surface area contributed by atoms with E-state index < -0.39 is 69.5 Å². The number of carbonyl (C=O) groups excluding carboxylic acids is 1. The van der Waals surface area contributed by atoms with Gasteiger partial charge in [0.05, 0.1) is 0 Å². The summed E-state index contributed by atoms with van der Waals surface area (Å²) in [4.78, 5) is 15.1. The Morgan fingerprint density at radius 3 is 2.02 bits per heavy atom. The van der Waals surface area contributed by atoms with E-state index in [4.69, 9.17) is 0 Å². The van der Waals surface area contributed by atoms with Crippen LogP contribution in [0.1, 0.15) is 51.4 Å². The largest absolute Gasteiger partial charge is 0.511 e. The number of hydrogen-bond acceptors (Lipinski definition) is 5. The first-order chi connectivity index (χ1) is 20.8. The maximum atomic E-state index is 13.8.